The predicted octanol–water partition coefficient (Wildman–Crippen LogP) is 1.20. The van der Waals surface area contributed by atoms with Crippen LogP contribution in [0.5, 0.6) is 0 Å². The van der Waals surface area contributed by atoms with Gasteiger partial charge in [-0.05, 0) is 15.9 Å². The monoisotopic (exact) mass is 227 g/mol. The van der Waals surface area contributed by atoms with Crippen LogP contribution in [0.4, 0.5) is 5.69 Å². The Bertz CT molecular complexity index is 485. The molecule has 0 unspecified atom stereocenters. The summed E-state index contributed by atoms with van der Waals surface area (Å²) in [6.07, 6.45) is 3.17. The second-order valence-corrected chi connectivity index (χ2v) is 3.31. The summed E-state index contributed by atoms with van der Waals surface area (Å²) in [5, 5.41) is 0. The van der Waals surface area contributed by atoms with E-state index in [4.69, 9.17) is 5.73 Å². The van der Waals surface area contributed by atoms with Gasteiger partial charge in [-0.2, -0.15) is 0 Å². The van der Waals surface area contributed by atoms with Gasteiger partial charge in [-0.15, -0.1) is 0 Å². The van der Waals surface area contributed by atoms with Gasteiger partial charge < -0.3 is 15.7 Å². The highest BCUT2D eigenvalue weighted by molar-refractivity contribution is 9.10. The molecule has 2 rings (SSSR count). The minimum atomic E-state index is -0.0829. The van der Waals surface area contributed by atoms with Crippen LogP contribution in [0, 0.1) is 0 Å². The normalized spacial score (nSPS) is 10.8. The molecule has 4 nitrogen and oxygen atoms in total. The fourth-order valence-corrected chi connectivity index (χ4v) is 1.41. The predicted molar refractivity (Wildman–Crippen MR) is 51.0 cm³/mol. The second kappa shape index (κ2) is 2.38. The number of pyridine rings is 1. The van der Waals surface area contributed by atoms with Gasteiger partial charge in [0.15, 0.2) is 0 Å². The molecule has 0 saturated carbocycles. The average molecular weight is 228 g/mol. The van der Waals surface area contributed by atoms with Crippen molar-refractivity contribution in [2.45, 2.75) is 0 Å². The lowest BCUT2D eigenvalue weighted by Gasteiger charge is -1.91. The second-order valence-electron chi connectivity index (χ2n) is 2.46. The molecule has 0 aliphatic carbocycles. The van der Waals surface area contributed by atoms with Crippen LogP contribution in [0.25, 0.3) is 11.0 Å². The van der Waals surface area contributed by atoms with Crippen molar-refractivity contribution in [1.29, 1.82) is 0 Å². The molecule has 0 spiro atoms. The molecule has 5 heteroatoms. The molecule has 0 aliphatic heterocycles. The molecule has 0 radical (unpaired) electrons. The first-order chi connectivity index (χ1) is 5.70. The van der Waals surface area contributed by atoms with Crippen LogP contribution in [-0.2, 0) is 0 Å². The van der Waals surface area contributed by atoms with Crippen molar-refractivity contribution in [2.75, 3.05) is 5.73 Å². The molecule has 0 bridgehead atoms. The maximum atomic E-state index is 11.4. The van der Waals surface area contributed by atoms with E-state index in [0.717, 1.165) is 0 Å². The molecule has 0 aromatic carbocycles. The van der Waals surface area contributed by atoms with Crippen LogP contribution in [-0.4, -0.2) is 9.97 Å². The molecule has 62 valence electrons. The third kappa shape index (κ3) is 0.863. The van der Waals surface area contributed by atoms with E-state index in [2.05, 4.69) is 25.9 Å². The molecule has 0 atom stereocenters. The van der Waals surface area contributed by atoms with Gasteiger partial charge in [0.1, 0.15) is 5.52 Å². The van der Waals surface area contributed by atoms with E-state index in [1.54, 1.807) is 12.4 Å². The number of H-pyrrole nitrogens is 2. The van der Waals surface area contributed by atoms with Crippen molar-refractivity contribution in [3.05, 3.63) is 27.1 Å². The van der Waals surface area contributed by atoms with Crippen LogP contribution >= 0.6 is 15.9 Å². The maximum Gasteiger partial charge on any atom is 0.219 e. The van der Waals surface area contributed by atoms with Crippen molar-refractivity contribution in [1.82, 2.24) is 9.97 Å². The Kier molecular flexibility index (Phi) is 1.47. The van der Waals surface area contributed by atoms with Gasteiger partial charge >= 0.3 is 0 Å². The van der Waals surface area contributed by atoms with Crippen LogP contribution in [0.15, 0.2) is 21.7 Å². The number of nitrogen functional groups attached to an aromatic ring is 1. The Hall–Kier alpha value is -1.23. The van der Waals surface area contributed by atoms with Crippen LogP contribution in [0.2, 0.25) is 0 Å². The molecule has 2 heterocycles. The third-order valence-electron chi connectivity index (χ3n) is 1.70. The summed E-state index contributed by atoms with van der Waals surface area (Å²) in [6, 6.07) is 0. The number of aromatic nitrogens is 2. The molecular formula is C7H6BrN3O. The van der Waals surface area contributed by atoms with Gasteiger partial charge in [-0.25, -0.2) is 0 Å². The number of nitrogens with one attached hydrogen (secondary N) is 2. The highest BCUT2D eigenvalue weighted by Crippen LogP contribution is 2.15. The average Bonchev–Trinajstić information content (AvgIpc) is 2.41. The number of aromatic amines is 2. The largest absolute Gasteiger partial charge is 0.396 e. The van der Waals surface area contributed by atoms with E-state index in [1.165, 1.54) is 0 Å². The van der Waals surface area contributed by atoms with Gasteiger partial charge in [0.25, 0.3) is 0 Å². The van der Waals surface area contributed by atoms with Crippen molar-refractivity contribution in [3.63, 3.8) is 0 Å². The lowest BCUT2D eigenvalue weighted by molar-refractivity contribution is 1.35. The molecule has 12 heavy (non-hydrogen) atoms. The van der Waals surface area contributed by atoms with Gasteiger partial charge in [0, 0.05) is 12.4 Å². The molecule has 0 fully saturated rings. The zero-order chi connectivity index (χ0) is 8.72. The molecule has 2 aromatic heterocycles. The Labute approximate surface area is 75.9 Å². The van der Waals surface area contributed by atoms with Crippen LogP contribution in [0.1, 0.15) is 0 Å². The standard InChI is InChI=1S/C7H6BrN3O/c8-3-1-10-5-4(9)2-11-6(5)7(3)12/h1-2,11H,9H2,(H,10,12). The van der Waals surface area contributed by atoms with Gasteiger partial charge in [-0.1, -0.05) is 0 Å². The smallest absolute Gasteiger partial charge is 0.219 e. The van der Waals surface area contributed by atoms with Crippen LogP contribution in [0.3, 0.4) is 0 Å². The zero-order valence-electron chi connectivity index (χ0n) is 6.02. The van der Waals surface area contributed by atoms with E-state index in [-0.39, 0.29) is 5.43 Å². The van der Waals surface area contributed by atoms with E-state index >= 15 is 0 Å². The number of rotatable bonds is 0. The van der Waals surface area contributed by atoms with E-state index in [9.17, 15) is 4.79 Å². The highest BCUT2D eigenvalue weighted by atomic mass is 79.9. The molecule has 0 aliphatic rings. The number of hydrogen-bond donors (Lipinski definition) is 3. The van der Waals surface area contributed by atoms with Crippen molar-refractivity contribution < 1.29 is 0 Å². The van der Waals surface area contributed by atoms with Crippen molar-refractivity contribution in [2.24, 2.45) is 0 Å². The van der Waals surface area contributed by atoms with Crippen molar-refractivity contribution >= 4 is 32.7 Å². The minimum Gasteiger partial charge on any atom is -0.396 e. The summed E-state index contributed by atoms with van der Waals surface area (Å²) < 4.78 is 0.497. The summed E-state index contributed by atoms with van der Waals surface area (Å²) >= 11 is 3.12. The Morgan fingerprint density at radius 3 is 2.67 bits per heavy atom. The lowest BCUT2D eigenvalue weighted by Crippen LogP contribution is -2.02. The molecule has 2 aromatic rings. The van der Waals surface area contributed by atoms with E-state index < -0.39 is 0 Å². The summed E-state index contributed by atoms with van der Waals surface area (Å²) in [5.74, 6) is 0. The van der Waals surface area contributed by atoms with Crippen molar-refractivity contribution in [3.8, 4) is 0 Å². The SMILES string of the molecule is Nc1c[nH]c2c(=O)c(Br)c[nH]c12. The number of nitrogens with two attached hydrogens (primary N) is 1. The summed E-state index contributed by atoms with van der Waals surface area (Å²) in [5.41, 5.74) is 7.20. The van der Waals surface area contributed by atoms with Gasteiger partial charge in [0.2, 0.25) is 5.43 Å². The summed E-state index contributed by atoms with van der Waals surface area (Å²) in [6.45, 7) is 0. The number of fused-ring (bicyclic) bond motifs is 1. The quantitative estimate of drug-likeness (QED) is 0.633. The van der Waals surface area contributed by atoms with Crippen LogP contribution < -0.4 is 11.2 Å². The zero-order valence-corrected chi connectivity index (χ0v) is 7.60. The fraction of sp³-hybridized carbons (Fsp3) is 0. The topological polar surface area (TPSA) is 74.7 Å². The van der Waals surface area contributed by atoms with Gasteiger partial charge in [0.05, 0.1) is 15.7 Å². The molecule has 0 saturated heterocycles. The first-order valence-electron chi connectivity index (χ1n) is 3.34. The Balaban J connectivity index is 3.03. The first kappa shape index (κ1) is 7.42. The Morgan fingerprint density at radius 1 is 1.25 bits per heavy atom. The molecule has 0 amide bonds. The van der Waals surface area contributed by atoms with E-state index in [0.29, 0.717) is 21.2 Å². The third-order valence-corrected chi connectivity index (χ3v) is 2.29. The number of anilines is 1. The minimum absolute atomic E-state index is 0.0829. The summed E-state index contributed by atoms with van der Waals surface area (Å²) in [7, 11) is 0. The van der Waals surface area contributed by atoms with Gasteiger partial charge in [-0.3, -0.25) is 4.79 Å². The molecular weight excluding hydrogens is 222 g/mol. The first-order valence-corrected chi connectivity index (χ1v) is 4.13. The fourth-order valence-electron chi connectivity index (χ4n) is 1.09. The molecule has 4 N–H and O–H groups in total. The maximum absolute atomic E-state index is 11.4. The summed E-state index contributed by atoms with van der Waals surface area (Å²) in [4.78, 5) is 17.1. The number of hydrogen-bond acceptors (Lipinski definition) is 2. The van der Waals surface area contributed by atoms with E-state index in [1.807, 2.05) is 0 Å². The lowest BCUT2D eigenvalue weighted by atomic mass is 10.3. The highest BCUT2D eigenvalue weighted by Gasteiger charge is 2.05. The number of halogens is 1. The Morgan fingerprint density at radius 2 is 1.92 bits per heavy atom.